The molecule has 2 atom stereocenters. The van der Waals surface area contributed by atoms with E-state index >= 15 is 0 Å². The second-order valence-corrected chi connectivity index (χ2v) is 6.56. The van der Waals surface area contributed by atoms with Gasteiger partial charge in [0.1, 0.15) is 0 Å². The fourth-order valence-electron chi connectivity index (χ4n) is 2.95. The Bertz CT molecular complexity index is 468. The van der Waals surface area contributed by atoms with Crippen molar-refractivity contribution >= 4 is 17.2 Å². The summed E-state index contributed by atoms with van der Waals surface area (Å²) in [6, 6.07) is 0. The van der Waals surface area contributed by atoms with Crippen LogP contribution >= 0.6 is 11.3 Å². The minimum atomic E-state index is -0.330. The highest BCUT2D eigenvalue weighted by Gasteiger charge is 2.29. The molecule has 98 valence electrons. The summed E-state index contributed by atoms with van der Waals surface area (Å²) in [5.41, 5.74) is 2.18. The highest BCUT2D eigenvalue weighted by Crippen LogP contribution is 2.33. The first kappa shape index (κ1) is 12.2. The number of aliphatic hydroxyl groups is 1. The molecule has 0 bridgehead atoms. The van der Waals surface area contributed by atoms with E-state index in [-0.39, 0.29) is 12.0 Å². The molecule has 1 aliphatic carbocycles. The second-order valence-electron chi connectivity index (χ2n) is 5.59. The van der Waals surface area contributed by atoms with Crippen LogP contribution in [0.15, 0.2) is 5.38 Å². The van der Waals surface area contributed by atoms with E-state index in [4.69, 9.17) is 0 Å². The maximum Gasteiger partial charge on any atom is 0.255 e. The number of fused-ring (bicyclic) bond motifs is 1. The summed E-state index contributed by atoms with van der Waals surface area (Å²) < 4.78 is 0. The van der Waals surface area contributed by atoms with E-state index in [0.717, 1.165) is 30.7 Å². The number of nitrogens with zero attached hydrogens (tertiary/aromatic N) is 1. The maximum absolute atomic E-state index is 12.4. The van der Waals surface area contributed by atoms with Gasteiger partial charge in [-0.05, 0) is 37.2 Å². The van der Waals surface area contributed by atoms with Crippen LogP contribution in [0.25, 0.3) is 0 Å². The number of hydrogen-bond acceptors (Lipinski definition) is 3. The average molecular weight is 265 g/mol. The third kappa shape index (κ3) is 2.08. The van der Waals surface area contributed by atoms with Crippen LogP contribution in [0, 0.1) is 5.92 Å². The first-order valence-corrected chi connectivity index (χ1v) is 7.59. The fraction of sp³-hybridized carbons (Fsp3) is 0.643. The zero-order valence-corrected chi connectivity index (χ0v) is 11.5. The molecule has 1 amide bonds. The number of β-amino-alcohol motifs (C(OH)–C–C–N with tert-alkyl or cyclic N) is 1. The normalized spacial score (nSPS) is 27.3. The smallest absolute Gasteiger partial charge is 0.255 e. The van der Waals surface area contributed by atoms with Crippen molar-refractivity contribution in [1.82, 2.24) is 4.90 Å². The first-order valence-electron chi connectivity index (χ1n) is 6.71. The average Bonchev–Trinajstić information content (AvgIpc) is 2.94. The number of aliphatic hydroxyl groups excluding tert-OH is 1. The standard InChI is InChI=1S/C14H19NO2S/c1-9-2-3-11-12(8-18-13(11)6-9)14(17)15-5-4-10(16)7-15/h8-10,16H,2-7H2,1H3/t9?,10-/m0/s1. The van der Waals surface area contributed by atoms with Gasteiger partial charge >= 0.3 is 0 Å². The molecule has 1 fully saturated rings. The van der Waals surface area contributed by atoms with Gasteiger partial charge < -0.3 is 10.0 Å². The summed E-state index contributed by atoms with van der Waals surface area (Å²) in [5.74, 6) is 0.867. The Balaban J connectivity index is 1.83. The lowest BCUT2D eigenvalue weighted by Crippen LogP contribution is -2.30. The summed E-state index contributed by atoms with van der Waals surface area (Å²) in [7, 11) is 0. The van der Waals surface area contributed by atoms with Crippen LogP contribution in [0.2, 0.25) is 0 Å². The third-order valence-corrected chi connectivity index (χ3v) is 5.13. The van der Waals surface area contributed by atoms with Crippen molar-refractivity contribution in [2.45, 2.75) is 38.7 Å². The summed E-state index contributed by atoms with van der Waals surface area (Å²) in [5, 5.41) is 11.6. The van der Waals surface area contributed by atoms with Crippen molar-refractivity contribution in [3.8, 4) is 0 Å². The van der Waals surface area contributed by atoms with Gasteiger partial charge in [-0.2, -0.15) is 0 Å². The van der Waals surface area contributed by atoms with Crippen molar-refractivity contribution in [1.29, 1.82) is 0 Å². The molecule has 3 nitrogen and oxygen atoms in total. The lowest BCUT2D eigenvalue weighted by atomic mass is 9.88. The summed E-state index contributed by atoms with van der Waals surface area (Å²) in [6.07, 6.45) is 3.73. The topological polar surface area (TPSA) is 40.5 Å². The number of thiophene rings is 1. The van der Waals surface area contributed by atoms with Crippen molar-refractivity contribution in [2.24, 2.45) is 5.92 Å². The Hall–Kier alpha value is -0.870. The van der Waals surface area contributed by atoms with E-state index in [0.29, 0.717) is 13.1 Å². The van der Waals surface area contributed by atoms with Gasteiger partial charge in [-0.1, -0.05) is 6.92 Å². The molecule has 2 aliphatic rings. The Morgan fingerprint density at radius 2 is 2.33 bits per heavy atom. The van der Waals surface area contributed by atoms with Gasteiger partial charge in [-0.3, -0.25) is 4.79 Å². The quantitative estimate of drug-likeness (QED) is 0.844. The molecule has 1 N–H and O–H groups in total. The molecule has 0 aromatic carbocycles. The van der Waals surface area contributed by atoms with Crippen LogP contribution in [-0.2, 0) is 12.8 Å². The van der Waals surface area contributed by atoms with Crippen molar-refractivity contribution in [3.63, 3.8) is 0 Å². The number of likely N-dealkylation sites (tertiary alicyclic amines) is 1. The molecule has 4 heteroatoms. The Morgan fingerprint density at radius 1 is 1.50 bits per heavy atom. The predicted octanol–water partition coefficient (Wildman–Crippen LogP) is 2.08. The second kappa shape index (κ2) is 4.67. The van der Waals surface area contributed by atoms with Crippen LogP contribution < -0.4 is 0 Å². The number of carbonyl (C=O) groups is 1. The van der Waals surface area contributed by atoms with Crippen LogP contribution in [0.3, 0.4) is 0 Å². The first-order chi connectivity index (χ1) is 8.65. The van der Waals surface area contributed by atoms with E-state index in [1.807, 2.05) is 5.38 Å². The van der Waals surface area contributed by atoms with E-state index in [1.54, 1.807) is 16.2 Å². The molecule has 18 heavy (non-hydrogen) atoms. The summed E-state index contributed by atoms with van der Waals surface area (Å²) >= 11 is 1.73. The lowest BCUT2D eigenvalue weighted by Gasteiger charge is -2.20. The van der Waals surface area contributed by atoms with Crippen LogP contribution in [0.5, 0.6) is 0 Å². The van der Waals surface area contributed by atoms with Crippen molar-refractivity contribution in [2.75, 3.05) is 13.1 Å². The number of carbonyl (C=O) groups excluding carboxylic acids is 1. The highest BCUT2D eigenvalue weighted by atomic mass is 32.1. The minimum absolute atomic E-state index is 0.124. The van der Waals surface area contributed by atoms with Crippen molar-refractivity contribution in [3.05, 3.63) is 21.4 Å². The maximum atomic E-state index is 12.4. The number of rotatable bonds is 1. The molecular formula is C14H19NO2S. The van der Waals surface area contributed by atoms with Gasteiger partial charge in [0, 0.05) is 23.3 Å². The minimum Gasteiger partial charge on any atom is -0.391 e. The van der Waals surface area contributed by atoms with Crippen LogP contribution in [-0.4, -0.2) is 35.1 Å². The van der Waals surface area contributed by atoms with Gasteiger partial charge in [-0.15, -0.1) is 11.3 Å². The largest absolute Gasteiger partial charge is 0.391 e. The van der Waals surface area contributed by atoms with Gasteiger partial charge in [0.2, 0.25) is 0 Å². The van der Waals surface area contributed by atoms with Gasteiger partial charge in [0.15, 0.2) is 0 Å². The number of amides is 1. The van der Waals surface area contributed by atoms with E-state index in [1.165, 1.54) is 16.9 Å². The molecule has 1 aromatic heterocycles. The summed E-state index contributed by atoms with van der Waals surface area (Å²) in [4.78, 5) is 15.6. The zero-order chi connectivity index (χ0) is 12.7. The molecular weight excluding hydrogens is 246 g/mol. The molecule has 0 saturated carbocycles. The molecule has 0 spiro atoms. The van der Waals surface area contributed by atoms with E-state index in [9.17, 15) is 9.90 Å². The third-order valence-electron chi connectivity index (χ3n) is 4.08. The van der Waals surface area contributed by atoms with E-state index < -0.39 is 0 Å². The highest BCUT2D eigenvalue weighted by molar-refractivity contribution is 7.10. The molecule has 1 aromatic rings. The van der Waals surface area contributed by atoms with Crippen molar-refractivity contribution < 1.29 is 9.90 Å². The molecule has 0 radical (unpaired) electrons. The molecule has 1 aliphatic heterocycles. The number of hydrogen-bond donors (Lipinski definition) is 1. The monoisotopic (exact) mass is 265 g/mol. The van der Waals surface area contributed by atoms with Gasteiger partial charge in [-0.25, -0.2) is 0 Å². The molecule has 2 heterocycles. The Kier molecular flexibility index (Phi) is 3.16. The Labute approximate surface area is 111 Å². The zero-order valence-electron chi connectivity index (χ0n) is 10.7. The SMILES string of the molecule is CC1CCc2c(C(=O)N3CC[C@H](O)C3)csc2C1. The predicted molar refractivity (Wildman–Crippen MR) is 72.0 cm³/mol. The molecule has 1 saturated heterocycles. The lowest BCUT2D eigenvalue weighted by molar-refractivity contribution is 0.0764. The van der Waals surface area contributed by atoms with E-state index in [2.05, 4.69) is 6.92 Å². The molecule has 1 unspecified atom stereocenters. The molecule has 3 rings (SSSR count). The van der Waals surface area contributed by atoms with Gasteiger partial charge in [0.25, 0.3) is 5.91 Å². The fourth-order valence-corrected chi connectivity index (χ4v) is 4.19. The summed E-state index contributed by atoms with van der Waals surface area (Å²) in [6.45, 7) is 3.47. The van der Waals surface area contributed by atoms with Crippen LogP contribution in [0.4, 0.5) is 0 Å². The van der Waals surface area contributed by atoms with Crippen LogP contribution in [0.1, 0.15) is 40.6 Å². The Morgan fingerprint density at radius 3 is 3.06 bits per heavy atom. The van der Waals surface area contributed by atoms with Gasteiger partial charge in [0.05, 0.1) is 11.7 Å².